The Morgan fingerprint density at radius 3 is 2.91 bits per heavy atom. The summed E-state index contributed by atoms with van der Waals surface area (Å²) in [5.41, 5.74) is 0.940. The van der Waals surface area contributed by atoms with E-state index in [-0.39, 0.29) is 11.7 Å². The van der Waals surface area contributed by atoms with Crippen molar-refractivity contribution in [2.45, 2.75) is 12.5 Å². The van der Waals surface area contributed by atoms with Crippen molar-refractivity contribution in [2.75, 3.05) is 19.6 Å². The predicted molar refractivity (Wildman–Crippen MR) is 87.2 cm³/mol. The Morgan fingerprint density at radius 1 is 1.27 bits per heavy atom. The maximum absolute atomic E-state index is 12.4. The summed E-state index contributed by atoms with van der Waals surface area (Å²) >= 11 is 1.47. The first kappa shape index (κ1) is 13.8. The fraction of sp³-hybridized carbons (Fsp3) is 0.353. The number of fused-ring (bicyclic) bond motifs is 2. The van der Waals surface area contributed by atoms with Gasteiger partial charge in [-0.05, 0) is 48.7 Å². The summed E-state index contributed by atoms with van der Waals surface area (Å²) in [5.74, 6) is 0.887. The zero-order valence-electron chi connectivity index (χ0n) is 12.2. The number of hydrogen-bond acceptors (Lipinski definition) is 4. The van der Waals surface area contributed by atoms with Crippen molar-refractivity contribution >= 4 is 17.2 Å². The zero-order chi connectivity index (χ0) is 15.1. The summed E-state index contributed by atoms with van der Waals surface area (Å²) < 4.78 is 0. The molecular formula is C17H18N2O2S. The van der Waals surface area contributed by atoms with Gasteiger partial charge in [-0.15, -0.1) is 11.3 Å². The van der Waals surface area contributed by atoms with Gasteiger partial charge < -0.3 is 15.3 Å². The number of nitrogens with zero attached hydrogens (tertiary/aromatic N) is 1. The standard InChI is InChI=1S/C17H18N2O2S/c20-13-3-1-2-11(8-13)15-4-5-16(22-15)17(21)18-14-10-19-7-6-12(14)9-19/h1-5,8,12,14,20H,6-7,9-10H2,(H,18,21)/t12-,14?/m0/s1. The number of phenolic OH excluding ortho intramolecular Hbond substituents is 1. The van der Waals surface area contributed by atoms with Crippen LogP contribution in [0.2, 0.25) is 0 Å². The molecule has 2 aliphatic heterocycles. The van der Waals surface area contributed by atoms with Crippen LogP contribution >= 0.6 is 11.3 Å². The number of rotatable bonds is 3. The van der Waals surface area contributed by atoms with Gasteiger partial charge in [0.2, 0.25) is 0 Å². The molecule has 0 saturated carbocycles. The summed E-state index contributed by atoms with van der Waals surface area (Å²) in [5, 5.41) is 12.7. The zero-order valence-corrected chi connectivity index (χ0v) is 13.0. The van der Waals surface area contributed by atoms with E-state index in [1.165, 1.54) is 24.3 Å². The Morgan fingerprint density at radius 2 is 2.18 bits per heavy atom. The van der Waals surface area contributed by atoms with Crippen LogP contribution in [-0.4, -0.2) is 41.6 Å². The van der Waals surface area contributed by atoms with Gasteiger partial charge in [-0.1, -0.05) is 12.1 Å². The monoisotopic (exact) mass is 314 g/mol. The quantitative estimate of drug-likeness (QED) is 0.915. The number of phenols is 1. The van der Waals surface area contributed by atoms with Gasteiger partial charge in [-0.25, -0.2) is 0 Å². The first-order chi connectivity index (χ1) is 10.7. The van der Waals surface area contributed by atoms with Gasteiger partial charge in [0.15, 0.2) is 0 Å². The van der Waals surface area contributed by atoms with E-state index in [2.05, 4.69) is 10.2 Å². The van der Waals surface area contributed by atoms with Gasteiger partial charge in [0.1, 0.15) is 5.75 Å². The number of nitrogens with one attached hydrogen (secondary N) is 1. The molecule has 4 rings (SSSR count). The fourth-order valence-corrected chi connectivity index (χ4v) is 4.37. The number of hydrogen-bond donors (Lipinski definition) is 2. The number of carbonyl (C=O) groups is 1. The Hall–Kier alpha value is -1.85. The molecule has 22 heavy (non-hydrogen) atoms. The first-order valence-corrected chi connectivity index (χ1v) is 8.43. The van der Waals surface area contributed by atoms with Crippen LogP contribution in [0.15, 0.2) is 36.4 Å². The van der Waals surface area contributed by atoms with Crippen LogP contribution in [0.1, 0.15) is 16.1 Å². The largest absolute Gasteiger partial charge is 0.508 e. The van der Waals surface area contributed by atoms with E-state index < -0.39 is 0 Å². The third-order valence-electron chi connectivity index (χ3n) is 4.61. The molecule has 1 amide bonds. The molecule has 0 spiro atoms. The minimum atomic E-state index is 0.0233. The Kier molecular flexibility index (Phi) is 3.39. The third kappa shape index (κ3) is 2.51. The summed E-state index contributed by atoms with van der Waals surface area (Å²) in [7, 11) is 0. The van der Waals surface area contributed by atoms with E-state index in [1.54, 1.807) is 12.1 Å². The number of thiophene rings is 1. The van der Waals surface area contributed by atoms with Crippen LogP contribution in [0, 0.1) is 5.92 Å². The minimum Gasteiger partial charge on any atom is -0.508 e. The number of piperidine rings is 1. The average Bonchev–Trinajstić information content (AvgIpc) is 3.23. The molecule has 114 valence electrons. The molecule has 3 heterocycles. The molecule has 1 aromatic heterocycles. The van der Waals surface area contributed by atoms with Gasteiger partial charge >= 0.3 is 0 Å². The van der Waals surface area contributed by atoms with Gasteiger partial charge in [-0.3, -0.25) is 4.79 Å². The van der Waals surface area contributed by atoms with Crippen molar-refractivity contribution in [3.8, 4) is 16.2 Å². The highest BCUT2D eigenvalue weighted by atomic mass is 32.1. The number of aromatic hydroxyl groups is 1. The second-order valence-electron chi connectivity index (χ2n) is 6.10. The molecule has 0 radical (unpaired) electrons. The Balaban J connectivity index is 1.48. The summed E-state index contributed by atoms with van der Waals surface area (Å²) in [6.45, 7) is 3.29. The molecule has 2 saturated heterocycles. The maximum Gasteiger partial charge on any atom is 0.261 e. The van der Waals surface area contributed by atoms with Crippen molar-refractivity contribution in [2.24, 2.45) is 5.92 Å². The lowest BCUT2D eigenvalue weighted by molar-refractivity contribution is 0.0928. The second kappa shape index (κ2) is 5.41. The Labute approximate surface area is 133 Å². The van der Waals surface area contributed by atoms with E-state index in [1.807, 2.05) is 24.3 Å². The van der Waals surface area contributed by atoms with Crippen LogP contribution in [-0.2, 0) is 0 Å². The number of carbonyl (C=O) groups excluding carboxylic acids is 1. The molecule has 2 aromatic rings. The third-order valence-corrected chi connectivity index (χ3v) is 5.74. The van der Waals surface area contributed by atoms with Gasteiger partial charge in [0.05, 0.1) is 4.88 Å². The minimum absolute atomic E-state index is 0.0233. The highest BCUT2D eigenvalue weighted by molar-refractivity contribution is 7.17. The van der Waals surface area contributed by atoms with Crippen molar-refractivity contribution < 1.29 is 9.90 Å². The van der Waals surface area contributed by atoms with E-state index >= 15 is 0 Å². The number of benzene rings is 1. The predicted octanol–water partition coefficient (Wildman–Crippen LogP) is 2.55. The molecule has 2 bridgehead atoms. The van der Waals surface area contributed by atoms with Gasteiger partial charge in [-0.2, -0.15) is 0 Å². The molecule has 1 aromatic carbocycles. The van der Waals surface area contributed by atoms with E-state index in [9.17, 15) is 9.90 Å². The van der Waals surface area contributed by atoms with E-state index in [0.717, 1.165) is 28.4 Å². The molecule has 0 aliphatic carbocycles. The average molecular weight is 314 g/mol. The fourth-order valence-electron chi connectivity index (χ4n) is 3.46. The van der Waals surface area contributed by atoms with Crippen molar-refractivity contribution in [3.05, 3.63) is 41.3 Å². The SMILES string of the molecule is O=C(NC1CN2CC[C@H]1C2)c1ccc(-c2cccc(O)c2)s1. The van der Waals surface area contributed by atoms with Crippen LogP contribution in [0.3, 0.4) is 0 Å². The molecule has 2 fully saturated rings. The van der Waals surface area contributed by atoms with Crippen LogP contribution in [0.4, 0.5) is 0 Å². The molecule has 4 nitrogen and oxygen atoms in total. The topological polar surface area (TPSA) is 52.6 Å². The van der Waals surface area contributed by atoms with Crippen molar-refractivity contribution in [1.29, 1.82) is 0 Å². The smallest absolute Gasteiger partial charge is 0.261 e. The lowest BCUT2D eigenvalue weighted by Gasteiger charge is -2.22. The van der Waals surface area contributed by atoms with Crippen molar-refractivity contribution in [1.82, 2.24) is 10.2 Å². The van der Waals surface area contributed by atoms with Gasteiger partial charge in [0, 0.05) is 24.0 Å². The summed E-state index contributed by atoms with van der Waals surface area (Å²) in [4.78, 5) is 16.6. The molecule has 2 aliphatic rings. The normalized spacial score (nSPS) is 26.3. The first-order valence-electron chi connectivity index (χ1n) is 7.61. The van der Waals surface area contributed by atoms with Crippen LogP contribution in [0.5, 0.6) is 5.75 Å². The molecule has 2 unspecified atom stereocenters. The molecule has 2 N–H and O–H groups in total. The van der Waals surface area contributed by atoms with E-state index in [4.69, 9.17) is 0 Å². The van der Waals surface area contributed by atoms with E-state index in [0.29, 0.717) is 12.0 Å². The molecular weight excluding hydrogens is 296 g/mol. The molecule has 3 atom stereocenters. The highest BCUT2D eigenvalue weighted by Crippen LogP contribution is 2.31. The molecule has 5 heteroatoms. The van der Waals surface area contributed by atoms with Gasteiger partial charge in [0.25, 0.3) is 5.91 Å². The highest BCUT2D eigenvalue weighted by Gasteiger charge is 2.38. The summed E-state index contributed by atoms with van der Waals surface area (Å²) in [6.07, 6.45) is 1.20. The lowest BCUT2D eigenvalue weighted by Crippen LogP contribution is -2.42. The maximum atomic E-state index is 12.4. The van der Waals surface area contributed by atoms with Crippen molar-refractivity contribution in [3.63, 3.8) is 0 Å². The second-order valence-corrected chi connectivity index (χ2v) is 7.19. The summed E-state index contributed by atoms with van der Waals surface area (Å²) in [6, 6.07) is 11.2. The number of amides is 1. The van der Waals surface area contributed by atoms with Crippen LogP contribution < -0.4 is 5.32 Å². The lowest BCUT2D eigenvalue weighted by atomic mass is 10.00. The Bertz CT molecular complexity index is 712. The van der Waals surface area contributed by atoms with Crippen LogP contribution in [0.25, 0.3) is 10.4 Å².